The maximum atomic E-state index is 11.7. The van der Waals surface area contributed by atoms with Crippen LogP contribution in [0.2, 0.25) is 0 Å². The highest BCUT2D eigenvalue weighted by Crippen LogP contribution is 2.22. The summed E-state index contributed by atoms with van der Waals surface area (Å²) >= 11 is 1.26. The van der Waals surface area contributed by atoms with E-state index in [9.17, 15) is 13.2 Å². The van der Waals surface area contributed by atoms with Crippen LogP contribution in [0.1, 0.15) is 40.9 Å². The van der Waals surface area contributed by atoms with Crippen LogP contribution in [0.5, 0.6) is 0 Å². The van der Waals surface area contributed by atoms with E-state index in [1.165, 1.54) is 23.5 Å². The van der Waals surface area contributed by atoms with Gasteiger partial charge in [-0.05, 0) is 38.6 Å². The van der Waals surface area contributed by atoms with Gasteiger partial charge in [0.25, 0.3) is 0 Å². The van der Waals surface area contributed by atoms with Gasteiger partial charge in [0.2, 0.25) is 15.0 Å². The number of aromatic nitrogens is 1. The van der Waals surface area contributed by atoms with Gasteiger partial charge >= 0.3 is 5.97 Å². The number of carbonyl (C=O) groups excluding carboxylic acids is 1. The van der Waals surface area contributed by atoms with Crippen LogP contribution in [-0.2, 0) is 21.3 Å². The molecule has 0 aliphatic rings. The molecule has 0 fully saturated rings. The fourth-order valence-corrected chi connectivity index (χ4v) is 3.46. The normalized spacial score (nSPS) is 13.0. The minimum Gasteiger partial charge on any atom is -0.461 e. The van der Waals surface area contributed by atoms with E-state index in [1.807, 2.05) is 19.4 Å². The average molecular weight is 383 g/mol. The number of rotatable bonds is 7. The number of thiazole rings is 1. The SMILES string of the molecule is CCOC(=O)c1nc(CN(C)[C@@H](C)c2ccc(S(N)(=O)=O)cc2)cs1. The summed E-state index contributed by atoms with van der Waals surface area (Å²) in [5, 5.41) is 7.29. The van der Waals surface area contributed by atoms with E-state index in [-0.39, 0.29) is 10.9 Å². The number of hydrogen-bond acceptors (Lipinski definition) is 7. The molecule has 0 aliphatic carbocycles. The predicted molar refractivity (Wildman–Crippen MR) is 95.8 cm³/mol. The lowest BCUT2D eigenvalue weighted by Gasteiger charge is -2.24. The molecule has 0 radical (unpaired) electrons. The van der Waals surface area contributed by atoms with E-state index < -0.39 is 16.0 Å². The highest BCUT2D eigenvalue weighted by atomic mass is 32.2. The summed E-state index contributed by atoms with van der Waals surface area (Å²) in [5.74, 6) is -0.409. The zero-order chi connectivity index (χ0) is 18.6. The van der Waals surface area contributed by atoms with Crippen LogP contribution in [-0.4, -0.2) is 37.9 Å². The minimum atomic E-state index is -3.69. The first-order valence-corrected chi connectivity index (χ1v) is 10.1. The summed E-state index contributed by atoms with van der Waals surface area (Å²) in [4.78, 5) is 18.1. The molecule has 136 valence electrons. The first-order chi connectivity index (χ1) is 11.7. The Morgan fingerprint density at radius 2 is 2.00 bits per heavy atom. The third-order valence-corrected chi connectivity index (χ3v) is 5.57. The van der Waals surface area contributed by atoms with Crippen molar-refractivity contribution in [2.24, 2.45) is 5.14 Å². The Balaban J connectivity index is 2.05. The number of nitrogens with two attached hydrogens (primary N) is 1. The van der Waals surface area contributed by atoms with E-state index in [0.29, 0.717) is 18.2 Å². The minimum absolute atomic E-state index is 0.0299. The lowest BCUT2D eigenvalue weighted by atomic mass is 10.1. The average Bonchev–Trinajstić information content (AvgIpc) is 3.02. The summed E-state index contributed by atoms with van der Waals surface area (Å²) in [7, 11) is -1.76. The monoisotopic (exact) mass is 383 g/mol. The molecule has 2 aromatic rings. The molecule has 1 aromatic heterocycles. The largest absolute Gasteiger partial charge is 0.461 e. The topological polar surface area (TPSA) is 103 Å². The van der Waals surface area contributed by atoms with Crippen LogP contribution in [0.25, 0.3) is 0 Å². The second-order valence-corrected chi connectivity index (χ2v) is 7.99. The number of esters is 1. The molecule has 0 spiro atoms. The van der Waals surface area contributed by atoms with Gasteiger partial charge in [0.05, 0.1) is 17.2 Å². The molecule has 0 bridgehead atoms. The second kappa shape index (κ2) is 8.05. The highest BCUT2D eigenvalue weighted by Gasteiger charge is 2.17. The van der Waals surface area contributed by atoms with Crippen molar-refractivity contribution < 1.29 is 17.9 Å². The molecule has 1 atom stereocenters. The molecule has 0 saturated carbocycles. The van der Waals surface area contributed by atoms with Gasteiger partial charge in [-0.15, -0.1) is 11.3 Å². The Morgan fingerprint density at radius 3 is 2.56 bits per heavy atom. The van der Waals surface area contributed by atoms with Gasteiger partial charge in [-0.3, -0.25) is 4.90 Å². The lowest BCUT2D eigenvalue weighted by Crippen LogP contribution is -2.22. The van der Waals surface area contributed by atoms with E-state index in [1.54, 1.807) is 19.1 Å². The van der Waals surface area contributed by atoms with E-state index in [2.05, 4.69) is 9.88 Å². The number of hydrogen-bond donors (Lipinski definition) is 1. The van der Waals surface area contributed by atoms with Gasteiger partial charge in [-0.2, -0.15) is 0 Å². The van der Waals surface area contributed by atoms with Gasteiger partial charge < -0.3 is 4.74 Å². The zero-order valence-corrected chi connectivity index (χ0v) is 15.9. The van der Waals surface area contributed by atoms with Crippen molar-refractivity contribution >= 4 is 27.3 Å². The van der Waals surface area contributed by atoms with Crippen molar-refractivity contribution in [2.75, 3.05) is 13.7 Å². The molecule has 2 rings (SSSR count). The Labute approximate surface area is 151 Å². The van der Waals surface area contributed by atoms with Gasteiger partial charge in [-0.1, -0.05) is 12.1 Å². The molecule has 0 aliphatic heterocycles. The maximum Gasteiger partial charge on any atom is 0.367 e. The van der Waals surface area contributed by atoms with Crippen molar-refractivity contribution in [2.45, 2.75) is 31.3 Å². The third kappa shape index (κ3) is 5.08. The van der Waals surface area contributed by atoms with Crippen LogP contribution >= 0.6 is 11.3 Å². The second-order valence-electron chi connectivity index (χ2n) is 5.57. The zero-order valence-electron chi connectivity index (χ0n) is 14.3. The molecule has 1 heterocycles. The van der Waals surface area contributed by atoms with Crippen LogP contribution in [0.3, 0.4) is 0 Å². The fraction of sp³-hybridized carbons (Fsp3) is 0.375. The highest BCUT2D eigenvalue weighted by molar-refractivity contribution is 7.89. The van der Waals surface area contributed by atoms with Gasteiger partial charge in [0.1, 0.15) is 0 Å². The molecular weight excluding hydrogens is 362 g/mol. The fourth-order valence-electron chi connectivity index (χ4n) is 2.25. The standard InChI is InChI=1S/C16H21N3O4S2/c1-4-23-16(20)15-18-13(10-24-15)9-19(3)11(2)12-5-7-14(8-6-12)25(17,21)22/h5-8,10-11H,4,9H2,1-3H3,(H2,17,21,22)/t11-/m0/s1. The van der Waals surface area contributed by atoms with Crippen LogP contribution in [0, 0.1) is 0 Å². The molecular formula is C16H21N3O4S2. The van der Waals surface area contributed by atoms with Gasteiger partial charge in [0.15, 0.2) is 0 Å². The smallest absolute Gasteiger partial charge is 0.367 e. The van der Waals surface area contributed by atoms with Crippen LogP contribution in [0.4, 0.5) is 0 Å². The number of ether oxygens (including phenoxy) is 1. The summed E-state index contributed by atoms with van der Waals surface area (Å²) in [6, 6.07) is 6.51. The van der Waals surface area contributed by atoms with Crippen LogP contribution < -0.4 is 5.14 Å². The summed E-state index contributed by atoms with van der Waals surface area (Å²) in [5.41, 5.74) is 1.74. The molecule has 25 heavy (non-hydrogen) atoms. The number of primary sulfonamides is 1. The first kappa shape index (κ1) is 19.5. The summed E-state index contributed by atoms with van der Waals surface area (Å²) in [6.45, 7) is 4.63. The summed E-state index contributed by atoms with van der Waals surface area (Å²) in [6.07, 6.45) is 0. The Bertz CT molecular complexity index is 831. The van der Waals surface area contributed by atoms with Gasteiger partial charge in [0, 0.05) is 18.0 Å². The van der Waals surface area contributed by atoms with E-state index in [0.717, 1.165) is 11.3 Å². The Hall–Kier alpha value is -1.81. The molecule has 0 amide bonds. The van der Waals surface area contributed by atoms with Crippen molar-refractivity contribution in [3.05, 3.63) is 45.9 Å². The quantitative estimate of drug-likeness (QED) is 0.735. The Kier molecular flexibility index (Phi) is 6.28. The number of benzene rings is 1. The lowest BCUT2D eigenvalue weighted by molar-refractivity contribution is 0.0525. The van der Waals surface area contributed by atoms with Crippen molar-refractivity contribution in [1.82, 2.24) is 9.88 Å². The molecule has 1 aromatic carbocycles. The molecule has 9 heteroatoms. The predicted octanol–water partition coefficient (Wildman–Crippen LogP) is 2.16. The first-order valence-electron chi connectivity index (χ1n) is 7.67. The molecule has 0 unspecified atom stereocenters. The van der Waals surface area contributed by atoms with Crippen molar-refractivity contribution in [3.63, 3.8) is 0 Å². The summed E-state index contributed by atoms with van der Waals surface area (Å²) < 4.78 is 27.6. The van der Waals surface area contributed by atoms with E-state index in [4.69, 9.17) is 9.88 Å². The van der Waals surface area contributed by atoms with E-state index >= 15 is 0 Å². The maximum absolute atomic E-state index is 11.7. The van der Waals surface area contributed by atoms with Crippen molar-refractivity contribution in [1.29, 1.82) is 0 Å². The molecule has 7 nitrogen and oxygen atoms in total. The van der Waals surface area contributed by atoms with Crippen LogP contribution in [0.15, 0.2) is 34.5 Å². The molecule has 0 saturated heterocycles. The third-order valence-electron chi connectivity index (χ3n) is 3.77. The van der Waals surface area contributed by atoms with Crippen molar-refractivity contribution in [3.8, 4) is 0 Å². The number of sulfonamides is 1. The van der Waals surface area contributed by atoms with Gasteiger partial charge in [-0.25, -0.2) is 23.3 Å². The Morgan fingerprint density at radius 1 is 1.36 bits per heavy atom. The molecule has 2 N–H and O–H groups in total. The number of carbonyl (C=O) groups is 1. The number of nitrogens with zero attached hydrogens (tertiary/aromatic N) is 2.